The molecule has 1 fully saturated rings. The van der Waals surface area contributed by atoms with Crippen LogP contribution in [0.15, 0.2) is 24.3 Å². The van der Waals surface area contributed by atoms with E-state index in [9.17, 15) is 14.0 Å². The number of benzene rings is 1. The summed E-state index contributed by atoms with van der Waals surface area (Å²) in [7, 11) is 1.72. The summed E-state index contributed by atoms with van der Waals surface area (Å²) in [4.78, 5) is 28.3. The minimum atomic E-state index is -0.324. The number of halogens is 1. The molecule has 1 aliphatic rings. The van der Waals surface area contributed by atoms with Crippen LogP contribution < -0.4 is 0 Å². The number of likely N-dealkylation sites (tertiary alicyclic amines) is 1. The Hall–Kier alpha value is -1.91. The van der Waals surface area contributed by atoms with Gasteiger partial charge in [0, 0.05) is 26.6 Å². The lowest BCUT2D eigenvalue weighted by atomic mass is 9.83. The number of piperidine rings is 1. The molecule has 120 valence electrons. The number of nitrogens with zero attached hydrogens (tertiary/aromatic N) is 2. The zero-order valence-electron chi connectivity index (χ0n) is 13.4. The zero-order chi connectivity index (χ0) is 16.3. The van der Waals surface area contributed by atoms with Crippen molar-refractivity contribution >= 4 is 11.8 Å². The first-order valence-corrected chi connectivity index (χ1v) is 7.79. The molecule has 0 aliphatic carbocycles. The maximum atomic E-state index is 13.2. The fourth-order valence-electron chi connectivity index (χ4n) is 3.18. The average Bonchev–Trinajstić information content (AvgIpc) is 2.52. The van der Waals surface area contributed by atoms with Gasteiger partial charge >= 0.3 is 0 Å². The lowest BCUT2D eigenvalue weighted by Crippen LogP contribution is -2.47. The highest BCUT2D eigenvalue weighted by atomic mass is 19.1. The Morgan fingerprint density at radius 2 is 1.86 bits per heavy atom. The first-order chi connectivity index (χ1) is 10.5. The summed E-state index contributed by atoms with van der Waals surface area (Å²) in [6.45, 7) is 5.21. The summed E-state index contributed by atoms with van der Waals surface area (Å²) in [5, 5.41) is 0. The van der Waals surface area contributed by atoms with Crippen molar-refractivity contribution in [1.82, 2.24) is 9.80 Å². The van der Waals surface area contributed by atoms with Gasteiger partial charge in [-0.2, -0.15) is 0 Å². The number of hydrogen-bond donors (Lipinski definition) is 0. The third-order valence-corrected chi connectivity index (χ3v) is 4.46. The van der Waals surface area contributed by atoms with E-state index in [-0.39, 0.29) is 29.6 Å². The molecule has 5 heteroatoms. The summed E-state index contributed by atoms with van der Waals surface area (Å²) in [6.07, 6.45) is 0.923. The van der Waals surface area contributed by atoms with Crippen LogP contribution in [0.3, 0.4) is 0 Å². The van der Waals surface area contributed by atoms with E-state index in [1.165, 1.54) is 12.1 Å². The average molecular weight is 306 g/mol. The van der Waals surface area contributed by atoms with Crippen LogP contribution in [-0.4, -0.2) is 41.8 Å². The van der Waals surface area contributed by atoms with Gasteiger partial charge in [0.25, 0.3) is 0 Å². The van der Waals surface area contributed by atoms with Crippen molar-refractivity contribution in [2.75, 3.05) is 20.1 Å². The molecule has 0 saturated carbocycles. The summed E-state index contributed by atoms with van der Waals surface area (Å²) < 4.78 is 13.2. The van der Waals surface area contributed by atoms with Crippen LogP contribution in [0.4, 0.5) is 4.39 Å². The molecule has 0 N–H and O–H groups in total. The van der Waals surface area contributed by atoms with Crippen molar-refractivity contribution in [2.24, 2.45) is 5.92 Å². The highest BCUT2D eigenvalue weighted by Crippen LogP contribution is 2.36. The van der Waals surface area contributed by atoms with Crippen LogP contribution in [0, 0.1) is 11.7 Å². The molecule has 0 aromatic heterocycles. The van der Waals surface area contributed by atoms with Gasteiger partial charge in [0.1, 0.15) is 5.82 Å². The normalized spacial score (nSPS) is 21.8. The van der Waals surface area contributed by atoms with Crippen LogP contribution in [-0.2, 0) is 9.59 Å². The van der Waals surface area contributed by atoms with E-state index in [0.29, 0.717) is 25.9 Å². The second kappa shape index (κ2) is 6.90. The van der Waals surface area contributed by atoms with Crippen LogP contribution in [0.5, 0.6) is 0 Å². The van der Waals surface area contributed by atoms with Gasteiger partial charge in [-0.15, -0.1) is 0 Å². The maximum Gasteiger partial charge on any atom is 0.228 e. The molecule has 2 amide bonds. The number of rotatable bonds is 4. The zero-order valence-corrected chi connectivity index (χ0v) is 13.4. The molecule has 2 atom stereocenters. The molecule has 1 saturated heterocycles. The molecule has 1 aromatic rings. The van der Waals surface area contributed by atoms with Crippen LogP contribution >= 0.6 is 0 Å². The second-order valence-electron chi connectivity index (χ2n) is 5.66. The fourth-order valence-corrected chi connectivity index (χ4v) is 3.18. The fraction of sp³-hybridized carbons (Fsp3) is 0.529. The monoisotopic (exact) mass is 306 g/mol. The van der Waals surface area contributed by atoms with E-state index < -0.39 is 0 Å². The predicted molar refractivity (Wildman–Crippen MR) is 82.6 cm³/mol. The van der Waals surface area contributed by atoms with Crippen molar-refractivity contribution in [2.45, 2.75) is 32.7 Å². The van der Waals surface area contributed by atoms with Gasteiger partial charge in [0.15, 0.2) is 0 Å². The Labute approximate surface area is 130 Å². The van der Waals surface area contributed by atoms with Crippen molar-refractivity contribution in [3.63, 3.8) is 0 Å². The molecule has 2 unspecified atom stereocenters. The standard InChI is InChI=1S/C17H23FN2O2/c1-4-20(5-2)17(22)14-10-11-15(21)19(3)16(14)12-6-8-13(18)9-7-12/h6-9,14,16H,4-5,10-11H2,1-3H3. The molecule has 1 aliphatic heterocycles. The van der Waals surface area contributed by atoms with E-state index >= 15 is 0 Å². The summed E-state index contributed by atoms with van der Waals surface area (Å²) in [5.41, 5.74) is 0.808. The van der Waals surface area contributed by atoms with Crippen LogP contribution in [0.1, 0.15) is 38.3 Å². The molecule has 22 heavy (non-hydrogen) atoms. The van der Waals surface area contributed by atoms with E-state index in [1.54, 1.807) is 29.0 Å². The Bertz CT molecular complexity index is 540. The number of amides is 2. The summed E-state index contributed by atoms with van der Waals surface area (Å²) >= 11 is 0. The quantitative estimate of drug-likeness (QED) is 0.858. The molecule has 1 heterocycles. The lowest BCUT2D eigenvalue weighted by molar-refractivity contribution is -0.146. The largest absolute Gasteiger partial charge is 0.343 e. The van der Waals surface area contributed by atoms with Crippen molar-refractivity contribution in [1.29, 1.82) is 0 Å². The topological polar surface area (TPSA) is 40.6 Å². The van der Waals surface area contributed by atoms with Crippen molar-refractivity contribution in [3.8, 4) is 0 Å². The van der Waals surface area contributed by atoms with Gasteiger partial charge in [0.05, 0.1) is 12.0 Å². The number of carbonyl (C=O) groups is 2. The Kier molecular flexibility index (Phi) is 5.16. The third kappa shape index (κ3) is 3.13. The third-order valence-electron chi connectivity index (χ3n) is 4.46. The number of hydrogen-bond acceptors (Lipinski definition) is 2. The molecule has 0 spiro atoms. The summed E-state index contributed by atoms with van der Waals surface area (Å²) in [5.74, 6) is -0.496. The molecule has 4 nitrogen and oxygen atoms in total. The highest BCUT2D eigenvalue weighted by Gasteiger charge is 2.40. The van der Waals surface area contributed by atoms with Gasteiger partial charge in [-0.05, 0) is 38.0 Å². The van der Waals surface area contributed by atoms with Crippen LogP contribution in [0.25, 0.3) is 0 Å². The SMILES string of the molecule is CCN(CC)C(=O)C1CCC(=O)N(C)C1c1ccc(F)cc1. The van der Waals surface area contributed by atoms with Gasteiger partial charge in [0.2, 0.25) is 11.8 Å². The van der Waals surface area contributed by atoms with Gasteiger partial charge in [-0.3, -0.25) is 9.59 Å². The maximum absolute atomic E-state index is 13.2. The second-order valence-corrected chi connectivity index (χ2v) is 5.66. The molecular weight excluding hydrogens is 283 g/mol. The lowest BCUT2D eigenvalue weighted by Gasteiger charge is -2.40. The van der Waals surface area contributed by atoms with E-state index in [1.807, 2.05) is 13.8 Å². The minimum absolute atomic E-state index is 0.0259. The van der Waals surface area contributed by atoms with Gasteiger partial charge < -0.3 is 9.80 Å². The molecule has 0 bridgehead atoms. The van der Waals surface area contributed by atoms with Crippen LogP contribution in [0.2, 0.25) is 0 Å². The predicted octanol–water partition coefficient (Wildman–Crippen LogP) is 2.60. The summed E-state index contributed by atoms with van der Waals surface area (Å²) in [6, 6.07) is 5.76. The first-order valence-electron chi connectivity index (χ1n) is 7.79. The molecule has 2 rings (SSSR count). The number of carbonyl (C=O) groups excluding carboxylic acids is 2. The van der Waals surface area contributed by atoms with Gasteiger partial charge in [-0.1, -0.05) is 12.1 Å². The van der Waals surface area contributed by atoms with E-state index in [4.69, 9.17) is 0 Å². The molecule has 1 aromatic carbocycles. The molecular formula is C17H23FN2O2. The molecule has 0 radical (unpaired) electrons. The van der Waals surface area contributed by atoms with E-state index in [2.05, 4.69) is 0 Å². The Morgan fingerprint density at radius 3 is 2.41 bits per heavy atom. The van der Waals surface area contributed by atoms with Gasteiger partial charge in [-0.25, -0.2) is 4.39 Å². The van der Waals surface area contributed by atoms with E-state index in [0.717, 1.165) is 5.56 Å². The minimum Gasteiger partial charge on any atom is -0.343 e. The van der Waals surface area contributed by atoms with Crippen molar-refractivity contribution < 1.29 is 14.0 Å². The highest BCUT2D eigenvalue weighted by molar-refractivity contribution is 5.85. The first kappa shape index (κ1) is 16.5. The Morgan fingerprint density at radius 1 is 1.27 bits per heavy atom. The smallest absolute Gasteiger partial charge is 0.228 e. The van der Waals surface area contributed by atoms with Crippen molar-refractivity contribution in [3.05, 3.63) is 35.6 Å². The Balaban J connectivity index is 2.35.